The molecule has 0 spiro atoms. The first kappa shape index (κ1) is 8.54. The number of aryl methyl sites for hydroxylation is 1. The maximum Gasteiger partial charge on any atom is 0.135 e. The highest BCUT2D eigenvalue weighted by Gasteiger charge is 2.11. The second kappa shape index (κ2) is 3.13. The van der Waals surface area contributed by atoms with E-state index in [0.29, 0.717) is 0 Å². The van der Waals surface area contributed by atoms with Gasteiger partial charge < -0.3 is 4.42 Å². The third-order valence-corrected chi connectivity index (χ3v) is 2.83. The monoisotopic (exact) mass is 196 g/mol. The molecule has 0 amide bonds. The summed E-state index contributed by atoms with van der Waals surface area (Å²) in [5.74, 6) is 2.04. The second-order valence-electron chi connectivity index (χ2n) is 3.76. The van der Waals surface area contributed by atoms with Gasteiger partial charge in [0.05, 0.1) is 0 Å². The Bertz CT molecular complexity index is 577. The standard InChI is InChI=1S/C14H12O/c1-2-11-7-8-13-12-6-4-3-5-10(12)9-14(13)15-11/h3-9H,2H2,1H3. The summed E-state index contributed by atoms with van der Waals surface area (Å²) in [6.07, 6.45) is 0.942. The van der Waals surface area contributed by atoms with Crippen LogP contribution in [0.3, 0.4) is 0 Å². The number of rotatable bonds is 1. The van der Waals surface area contributed by atoms with E-state index in [1.165, 1.54) is 16.3 Å². The normalized spacial score (nSPS) is 11.3. The molecular weight excluding hydrogens is 184 g/mol. The molecule has 0 unspecified atom stereocenters. The van der Waals surface area contributed by atoms with Crippen molar-refractivity contribution in [2.75, 3.05) is 0 Å². The van der Waals surface area contributed by atoms with Crippen molar-refractivity contribution >= 4 is 10.8 Å². The zero-order valence-electron chi connectivity index (χ0n) is 8.66. The fraction of sp³-hybridized carbons (Fsp3) is 0.143. The van der Waals surface area contributed by atoms with E-state index in [0.717, 1.165) is 17.9 Å². The van der Waals surface area contributed by atoms with E-state index < -0.39 is 0 Å². The van der Waals surface area contributed by atoms with E-state index in [9.17, 15) is 0 Å². The fourth-order valence-electron chi connectivity index (χ4n) is 2.02. The molecule has 0 saturated carbocycles. The molecule has 0 fully saturated rings. The van der Waals surface area contributed by atoms with Crippen molar-refractivity contribution in [3.05, 3.63) is 48.2 Å². The minimum absolute atomic E-state index is 0.942. The van der Waals surface area contributed by atoms with Gasteiger partial charge in [-0.3, -0.25) is 0 Å². The Balaban J connectivity index is 2.38. The molecule has 0 bridgehead atoms. The average Bonchev–Trinajstić information content (AvgIpc) is 2.66. The second-order valence-corrected chi connectivity index (χ2v) is 3.76. The van der Waals surface area contributed by atoms with E-state index >= 15 is 0 Å². The lowest BCUT2D eigenvalue weighted by atomic mass is 10.1. The molecule has 1 aliphatic heterocycles. The Morgan fingerprint density at radius 1 is 1.07 bits per heavy atom. The summed E-state index contributed by atoms with van der Waals surface area (Å²) in [4.78, 5) is 0. The van der Waals surface area contributed by atoms with Crippen LogP contribution in [0.5, 0.6) is 0 Å². The third-order valence-electron chi connectivity index (χ3n) is 2.83. The first-order valence-corrected chi connectivity index (χ1v) is 5.28. The predicted molar refractivity (Wildman–Crippen MR) is 62.2 cm³/mol. The summed E-state index contributed by atoms with van der Waals surface area (Å²) >= 11 is 0. The minimum Gasteiger partial charge on any atom is -0.461 e. The topological polar surface area (TPSA) is 13.1 Å². The summed E-state index contributed by atoms with van der Waals surface area (Å²) in [5.41, 5.74) is 1.21. The van der Waals surface area contributed by atoms with E-state index in [2.05, 4.69) is 49.4 Å². The van der Waals surface area contributed by atoms with Gasteiger partial charge in [0.25, 0.3) is 0 Å². The van der Waals surface area contributed by atoms with Crippen molar-refractivity contribution in [2.45, 2.75) is 13.3 Å². The molecule has 0 N–H and O–H groups in total. The van der Waals surface area contributed by atoms with Gasteiger partial charge in [-0.2, -0.15) is 0 Å². The third kappa shape index (κ3) is 1.23. The van der Waals surface area contributed by atoms with Crippen LogP contribution in [0.4, 0.5) is 0 Å². The molecule has 15 heavy (non-hydrogen) atoms. The fourth-order valence-corrected chi connectivity index (χ4v) is 2.02. The molecule has 1 aromatic rings. The van der Waals surface area contributed by atoms with Gasteiger partial charge in [-0.15, -0.1) is 0 Å². The molecule has 1 heteroatoms. The van der Waals surface area contributed by atoms with Gasteiger partial charge in [0, 0.05) is 12.0 Å². The molecule has 1 heterocycles. The number of hydrogen-bond donors (Lipinski definition) is 0. The average molecular weight is 196 g/mol. The maximum absolute atomic E-state index is 5.80. The van der Waals surface area contributed by atoms with Crippen LogP contribution >= 0.6 is 0 Å². The van der Waals surface area contributed by atoms with Gasteiger partial charge in [-0.1, -0.05) is 31.2 Å². The predicted octanol–water partition coefficient (Wildman–Crippen LogP) is 4.10. The van der Waals surface area contributed by atoms with E-state index in [1.54, 1.807) is 0 Å². The summed E-state index contributed by atoms with van der Waals surface area (Å²) in [5, 5.41) is 2.53. The SMILES string of the molecule is CCc1ccc2c3ccccc3cc-2o1. The van der Waals surface area contributed by atoms with Gasteiger partial charge >= 0.3 is 0 Å². The van der Waals surface area contributed by atoms with Crippen LogP contribution < -0.4 is 0 Å². The van der Waals surface area contributed by atoms with Crippen LogP contribution in [0, 0.1) is 0 Å². The van der Waals surface area contributed by atoms with E-state index in [-0.39, 0.29) is 0 Å². The van der Waals surface area contributed by atoms with Crippen molar-refractivity contribution in [2.24, 2.45) is 0 Å². The van der Waals surface area contributed by atoms with Crippen LogP contribution in [0.25, 0.3) is 22.1 Å². The maximum atomic E-state index is 5.80. The molecule has 1 aromatic carbocycles. The zero-order chi connectivity index (χ0) is 10.3. The van der Waals surface area contributed by atoms with Crippen LogP contribution in [0.2, 0.25) is 0 Å². The minimum atomic E-state index is 0.942. The summed E-state index contributed by atoms with van der Waals surface area (Å²) < 4.78 is 5.80. The highest BCUT2D eigenvalue weighted by atomic mass is 16.3. The Morgan fingerprint density at radius 3 is 2.80 bits per heavy atom. The molecule has 0 aromatic heterocycles. The largest absolute Gasteiger partial charge is 0.461 e. The van der Waals surface area contributed by atoms with Crippen molar-refractivity contribution < 1.29 is 4.42 Å². The molecule has 74 valence electrons. The Labute approximate surface area is 88.7 Å². The lowest BCUT2D eigenvalue weighted by molar-refractivity contribution is 0.514. The van der Waals surface area contributed by atoms with Gasteiger partial charge in [-0.25, -0.2) is 0 Å². The first-order chi connectivity index (χ1) is 7.38. The van der Waals surface area contributed by atoms with Crippen LogP contribution in [0.1, 0.15) is 12.7 Å². The molecule has 1 aliphatic carbocycles. The summed E-state index contributed by atoms with van der Waals surface area (Å²) in [7, 11) is 0. The van der Waals surface area contributed by atoms with Crippen LogP contribution in [0.15, 0.2) is 46.9 Å². The zero-order valence-corrected chi connectivity index (χ0v) is 8.66. The summed E-state index contributed by atoms with van der Waals surface area (Å²) in [6, 6.07) is 14.7. The highest BCUT2D eigenvalue weighted by molar-refractivity contribution is 6.00. The molecule has 0 radical (unpaired) electrons. The lowest BCUT2D eigenvalue weighted by Crippen LogP contribution is -1.81. The summed E-state index contributed by atoms with van der Waals surface area (Å²) in [6.45, 7) is 2.10. The van der Waals surface area contributed by atoms with Gasteiger partial charge in [0.2, 0.25) is 0 Å². The van der Waals surface area contributed by atoms with E-state index in [1.807, 2.05) is 0 Å². The highest BCUT2D eigenvalue weighted by Crippen LogP contribution is 2.34. The van der Waals surface area contributed by atoms with Gasteiger partial charge in [0.15, 0.2) is 0 Å². The van der Waals surface area contributed by atoms with E-state index in [4.69, 9.17) is 4.42 Å². The molecule has 1 nitrogen and oxygen atoms in total. The van der Waals surface area contributed by atoms with Gasteiger partial charge in [0.1, 0.15) is 11.5 Å². The Hall–Kier alpha value is -1.76. The quantitative estimate of drug-likeness (QED) is 0.571. The molecule has 0 atom stereocenters. The first-order valence-electron chi connectivity index (χ1n) is 5.28. The van der Waals surface area contributed by atoms with Gasteiger partial charge in [-0.05, 0) is 29.0 Å². The molecule has 3 rings (SSSR count). The lowest BCUT2D eigenvalue weighted by Gasteiger charge is -2.01. The molecule has 0 saturated heterocycles. The Kier molecular flexibility index (Phi) is 1.78. The van der Waals surface area contributed by atoms with Crippen molar-refractivity contribution in [3.8, 4) is 11.3 Å². The van der Waals surface area contributed by atoms with Crippen molar-refractivity contribution in [1.29, 1.82) is 0 Å². The molecule has 2 aliphatic rings. The van der Waals surface area contributed by atoms with Crippen molar-refractivity contribution in [1.82, 2.24) is 0 Å². The molecular formula is C14H12O. The number of fused-ring (bicyclic) bond motifs is 3. The Morgan fingerprint density at radius 2 is 1.93 bits per heavy atom. The van der Waals surface area contributed by atoms with Crippen LogP contribution in [-0.2, 0) is 6.42 Å². The van der Waals surface area contributed by atoms with Crippen LogP contribution in [-0.4, -0.2) is 0 Å². The number of hydrogen-bond acceptors (Lipinski definition) is 1. The van der Waals surface area contributed by atoms with Crippen molar-refractivity contribution in [3.63, 3.8) is 0 Å². The number of benzene rings is 1. The smallest absolute Gasteiger partial charge is 0.135 e.